The lowest BCUT2D eigenvalue weighted by Gasteiger charge is -2.07. The number of hydrogen-bond donors (Lipinski definition) is 2. The minimum absolute atomic E-state index is 0.421. The first-order chi connectivity index (χ1) is 6.56. The van der Waals surface area contributed by atoms with Gasteiger partial charge in [0.05, 0.1) is 8.66 Å². The average molecular weight is 278 g/mol. The molecule has 0 aromatic carbocycles. The van der Waals surface area contributed by atoms with E-state index in [2.05, 4.69) is 21.2 Å². The number of likely N-dealkylation sites (N-methyl/N-ethyl adjacent to an activating group) is 1. The lowest BCUT2D eigenvalue weighted by molar-refractivity contribution is -0.137. The number of thiophene rings is 1. The predicted octanol–water partition coefficient (Wildman–Crippen LogP) is 1.37. The van der Waals surface area contributed by atoms with E-state index in [9.17, 15) is 9.59 Å². The Hall–Kier alpha value is -0.720. The van der Waals surface area contributed by atoms with Crippen LogP contribution in [0.2, 0.25) is 0 Å². The van der Waals surface area contributed by atoms with Crippen LogP contribution >= 0.6 is 27.3 Å². The van der Waals surface area contributed by atoms with E-state index in [1.54, 1.807) is 12.1 Å². The Kier molecular flexibility index (Phi) is 3.79. The SMILES string of the molecule is CNC(C(=O)O)C(=O)c1ccc(Br)s1. The molecule has 0 aliphatic heterocycles. The van der Waals surface area contributed by atoms with Crippen LogP contribution in [0.4, 0.5) is 0 Å². The minimum Gasteiger partial charge on any atom is -0.480 e. The van der Waals surface area contributed by atoms with Gasteiger partial charge in [-0.2, -0.15) is 0 Å². The Labute approximate surface area is 93.1 Å². The number of hydrogen-bond acceptors (Lipinski definition) is 4. The number of carbonyl (C=O) groups excluding carboxylic acids is 1. The number of Topliss-reactive ketones (excluding diaryl/α,β-unsaturated/α-hetero) is 1. The second kappa shape index (κ2) is 4.68. The monoisotopic (exact) mass is 277 g/mol. The lowest BCUT2D eigenvalue weighted by atomic mass is 10.1. The molecule has 1 rings (SSSR count). The highest BCUT2D eigenvalue weighted by Gasteiger charge is 2.26. The Morgan fingerprint density at radius 2 is 2.21 bits per heavy atom. The number of halogens is 1. The molecule has 0 saturated heterocycles. The summed E-state index contributed by atoms with van der Waals surface area (Å²) in [4.78, 5) is 22.7. The molecule has 6 heteroatoms. The van der Waals surface area contributed by atoms with E-state index in [0.29, 0.717) is 4.88 Å². The summed E-state index contributed by atoms with van der Waals surface area (Å²) in [5.74, 6) is -1.59. The highest BCUT2D eigenvalue weighted by atomic mass is 79.9. The molecule has 1 atom stereocenters. The topological polar surface area (TPSA) is 66.4 Å². The minimum atomic E-state index is -1.17. The smallest absolute Gasteiger partial charge is 0.328 e. The first-order valence-corrected chi connectivity index (χ1v) is 5.37. The zero-order chi connectivity index (χ0) is 10.7. The third-order valence-corrected chi connectivity index (χ3v) is 3.25. The largest absolute Gasteiger partial charge is 0.480 e. The molecule has 0 fully saturated rings. The zero-order valence-corrected chi connectivity index (χ0v) is 9.68. The molecular formula is C8H8BrNO3S. The number of nitrogens with one attached hydrogen (secondary N) is 1. The van der Waals surface area contributed by atoms with E-state index in [1.807, 2.05) is 0 Å². The van der Waals surface area contributed by atoms with E-state index in [0.717, 1.165) is 3.79 Å². The van der Waals surface area contributed by atoms with Crippen LogP contribution in [0.5, 0.6) is 0 Å². The van der Waals surface area contributed by atoms with Gasteiger partial charge in [0, 0.05) is 0 Å². The van der Waals surface area contributed by atoms with Crippen molar-refractivity contribution in [3.63, 3.8) is 0 Å². The van der Waals surface area contributed by atoms with Crippen LogP contribution < -0.4 is 5.32 Å². The van der Waals surface area contributed by atoms with Gasteiger partial charge in [0.25, 0.3) is 0 Å². The van der Waals surface area contributed by atoms with Crippen molar-refractivity contribution < 1.29 is 14.7 Å². The van der Waals surface area contributed by atoms with Crippen LogP contribution in [-0.4, -0.2) is 29.9 Å². The number of aliphatic carboxylic acids is 1. The van der Waals surface area contributed by atoms with Gasteiger partial charge in [-0.15, -0.1) is 11.3 Å². The number of carboxylic acid groups (broad SMARTS) is 1. The van der Waals surface area contributed by atoms with Gasteiger partial charge >= 0.3 is 5.97 Å². The fourth-order valence-electron chi connectivity index (χ4n) is 0.956. The van der Waals surface area contributed by atoms with E-state index in [-0.39, 0.29) is 0 Å². The van der Waals surface area contributed by atoms with Crippen molar-refractivity contribution in [2.75, 3.05) is 7.05 Å². The van der Waals surface area contributed by atoms with Gasteiger partial charge in [0.1, 0.15) is 0 Å². The summed E-state index contributed by atoms with van der Waals surface area (Å²) in [6.07, 6.45) is 0. The molecule has 0 saturated carbocycles. The summed E-state index contributed by atoms with van der Waals surface area (Å²) < 4.78 is 0.807. The summed E-state index contributed by atoms with van der Waals surface area (Å²) >= 11 is 4.43. The van der Waals surface area contributed by atoms with Gasteiger partial charge in [0.15, 0.2) is 6.04 Å². The van der Waals surface area contributed by atoms with E-state index in [1.165, 1.54) is 18.4 Å². The van der Waals surface area contributed by atoms with Gasteiger partial charge < -0.3 is 10.4 Å². The Bertz CT molecular complexity index is 363. The van der Waals surface area contributed by atoms with Gasteiger partial charge in [-0.1, -0.05) is 0 Å². The van der Waals surface area contributed by atoms with E-state index in [4.69, 9.17) is 5.11 Å². The summed E-state index contributed by atoms with van der Waals surface area (Å²) in [5, 5.41) is 11.2. The maximum atomic E-state index is 11.6. The molecule has 4 nitrogen and oxygen atoms in total. The highest BCUT2D eigenvalue weighted by molar-refractivity contribution is 9.11. The van der Waals surface area contributed by atoms with Gasteiger partial charge in [-0.3, -0.25) is 9.59 Å². The molecule has 2 N–H and O–H groups in total. The second-order valence-electron chi connectivity index (χ2n) is 2.53. The van der Waals surface area contributed by atoms with Crippen molar-refractivity contribution in [2.24, 2.45) is 0 Å². The first-order valence-electron chi connectivity index (χ1n) is 3.76. The third-order valence-electron chi connectivity index (χ3n) is 1.61. The van der Waals surface area contributed by atoms with Crippen molar-refractivity contribution in [1.29, 1.82) is 0 Å². The second-order valence-corrected chi connectivity index (χ2v) is 4.99. The fourth-order valence-corrected chi connectivity index (χ4v) is 2.31. The molecule has 14 heavy (non-hydrogen) atoms. The lowest BCUT2D eigenvalue weighted by Crippen LogP contribution is -2.40. The summed E-state index contributed by atoms with van der Waals surface area (Å²) in [5.41, 5.74) is 0. The van der Waals surface area contributed by atoms with Crippen molar-refractivity contribution in [2.45, 2.75) is 6.04 Å². The van der Waals surface area contributed by atoms with E-state index < -0.39 is 17.8 Å². The molecule has 1 heterocycles. The van der Waals surface area contributed by atoms with Crippen molar-refractivity contribution in [1.82, 2.24) is 5.32 Å². The molecule has 0 radical (unpaired) electrons. The molecule has 1 aromatic rings. The summed E-state index contributed by atoms with van der Waals surface area (Å²) in [7, 11) is 1.44. The third kappa shape index (κ3) is 2.40. The summed E-state index contributed by atoms with van der Waals surface area (Å²) in [6.45, 7) is 0. The average Bonchev–Trinajstić information content (AvgIpc) is 2.52. The van der Waals surface area contributed by atoms with Crippen LogP contribution in [0.1, 0.15) is 9.67 Å². The van der Waals surface area contributed by atoms with E-state index >= 15 is 0 Å². The number of ketones is 1. The van der Waals surface area contributed by atoms with Crippen LogP contribution in [0, 0.1) is 0 Å². The van der Waals surface area contributed by atoms with Gasteiger partial charge in [0.2, 0.25) is 5.78 Å². The van der Waals surface area contributed by atoms with Gasteiger partial charge in [-0.05, 0) is 35.1 Å². The Morgan fingerprint density at radius 1 is 1.57 bits per heavy atom. The molecule has 0 amide bonds. The molecule has 0 aliphatic carbocycles. The van der Waals surface area contributed by atoms with Crippen LogP contribution in [0.3, 0.4) is 0 Å². The number of carbonyl (C=O) groups is 2. The zero-order valence-electron chi connectivity index (χ0n) is 7.28. The molecule has 1 aromatic heterocycles. The standard InChI is InChI=1S/C8H8BrNO3S/c1-10-6(8(12)13)7(11)4-2-3-5(9)14-4/h2-3,6,10H,1H3,(H,12,13). The van der Waals surface area contributed by atoms with Gasteiger partial charge in [-0.25, -0.2) is 0 Å². The molecular weight excluding hydrogens is 270 g/mol. The number of rotatable bonds is 4. The van der Waals surface area contributed by atoms with Crippen molar-refractivity contribution in [3.05, 3.63) is 20.8 Å². The Morgan fingerprint density at radius 3 is 2.57 bits per heavy atom. The van der Waals surface area contributed by atoms with Crippen molar-refractivity contribution in [3.8, 4) is 0 Å². The molecule has 76 valence electrons. The predicted molar refractivity (Wildman–Crippen MR) is 56.8 cm³/mol. The quantitative estimate of drug-likeness (QED) is 0.644. The van der Waals surface area contributed by atoms with Crippen LogP contribution in [-0.2, 0) is 4.79 Å². The van der Waals surface area contributed by atoms with Crippen molar-refractivity contribution >= 4 is 39.0 Å². The molecule has 1 unspecified atom stereocenters. The molecule has 0 bridgehead atoms. The maximum absolute atomic E-state index is 11.6. The maximum Gasteiger partial charge on any atom is 0.328 e. The molecule has 0 spiro atoms. The normalized spacial score (nSPS) is 12.4. The number of carboxylic acids is 1. The first kappa shape index (κ1) is 11.4. The van der Waals surface area contributed by atoms with Crippen LogP contribution in [0.25, 0.3) is 0 Å². The molecule has 0 aliphatic rings. The summed E-state index contributed by atoms with van der Waals surface area (Å²) in [6, 6.07) is 2.15. The fraction of sp³-hybridized carbons (Fsp3) is 0.250. The Balaban J connectivity index is 2.88. The highest BCUT2D eigenvalue weighted by Crippen LogP contribution is 2.23. The van der Waals surface area contributed by atoms with Crippen LogP contribution in [0.15, 0.2) is 15.9 Å².